The van der Waals surface area contributed by atoms with E-state index in [0.29, 0.717) is 29.6 Å². The van der Waals surface area contributed by atoms with Gasteiger partial charge in [-0.2, -0.15) is 0 Å². The molecular formula is C35H48O11. The summed E-state index contributed by atoms with van der Waals surface area (Å²) < 4.78 is 18.2. The van der Waals surface area contributed by atoms with E-state index in [-0.39, 0.29) is 48.0 Å². The minimum absolute atomic E-state index is 0.0667. The molecule has 0 radical (unpaired) electrons. The van der Waals surface area contributed by atoms with Crippen LogP contribution in [0.5, 0.6) is 5.75 Å². The molecule has 2 fully saturated rings. The summed E-state index contributed by atoms with van der Waals surface area (Å²) in [5.74, 6) is -1.31. The van der Waals surface area contributed by atoms with Crippen LogP contribution in [-0.4, -0.2) is 97.5 Å². The van der Waals surface area contributed by atoms with Gasteiger partial charge < -0.3 is 44.8 Å². The standard InChI is InChI=1S/C35H48O11/c1-18(2)35(43)15-21-22(38)14-25-33(3,4)13-12-26(34(25,5)28(21)23(39)16-35)45-32-31(30(42)29(41)24(17-36)44-32)46-27(40)11-8-19-6-9-20(37)10-7-19/h6-11,18,23-26,29-32,36-37,39,41-43H,12-17H2,1-5H3/b11-8+/t23-,24-,25+,26+,29-,30+,31-,32+,34-,35-/m1/s1. The zero-order chi connectivity index (χ0) is 33.8. The smallest absolute Gasteiger partial charge is 0.331 e. The van der Waals surface area contributed by atoms with E-state index in [2.05, 4.69) is 13.8 Å². The van der Waals surface area contributed by atoms with Crippen molar-refractivity contribution in [2.45, 2.75) is 115 Å². The predicted octanol–water partition coefficient (Wildman–Crippen LogP) is 2.40. The van der Waals surface area contributed by atoms with Crippen LogP contribution in [0, 0.1) is 22.7 Å². The number of esters is 1. The van der Waals surface area contributed by atoms with Gasteiger partial charge in [0.15, 0.2) is 18.2 Å². The molecule has 4 aliphatic rings. The number of phenols is 1. The van der Waals surface area contributed by atoms with E-state index in [1.807, 2.05) is 20.8 Å². The van der Waals surface area contributed by atoms with Gasteiger partial charge in [0.25, 0.3) is 0 Å². The normalized spacial score (nSPS) is 39.3. The largest absolute Gasteiger partial charge is 0.508 e. The van der Waals surface area contributed by atoms with Crippen LogP contribution in [0.15, 0.2) is 41.5 Å². The van der Waals surface area contributed by atoms with Crippen molar-refractivity contribution in [2.24, 2.45) is 22.7 Å². The van der Waals surface area contributed by atoms with Gasteiger partial charge >= 0.3 is 5.97 Å². The Balaban J connectivity index is 1.48. The lowest BCUT2D eigenvalue weighted by molar-refractivity contribution is -0.326. The van der Waals surface area contributed by atoms with Gasteiger partial charge in [-0.3, -0.25) is 4.79 Å². The van der Waals surface area contributed by atoms with Crippen LogP contribution in [0.1, 0.15) is 72.3 Å². The van der Waals surface area contributed by atoms with Crippen molar-refractivity contribution in [2.75, 3.05) is 6.61 Å². The number of aliphatic hydroxyl groups is 5. The highest BCUT2D eigenvalue weighted by molar-refractivity contribution is 5.98. The second-order valence-corrected chi connectivity index (χ2v) is 14.7. The molecule has 1 aliphatic heterocycles. The number of fused-ring (bicyclic) bond motifs is 2. The molecule has 1 heterocycles. The lowest BCUT2D eigenvalue weighted by atomic mass is 9.46. The Hall–Kier alpha value is -2.64. The summed E-state index contributed by atoms with van der Waals surface area (Å²) in [7, 11) is 0. The average Bonchev–Trinajstić information content (AvgIpc) is 2.99. The zero-order valence-corrected chi connectivity index (χ0v) is 27.1. The quantitative estimate of drug-likeness (QED) is 0.189. The Kier molecular flexibility index (Phi) is 9.62. The maximum absolute atomic E-state index is 13.7. The topological polar surface area (TPSA) is 183 Å². The molecule has 1 saturated heterocycles. The Morgan fingerprint density at radius 1 is 1.11 bits per heavy atom. The first-order valence-corrected chi connectivity index (χ1v) is 16.1. The summed E-state index contributed by atoms with van der Waals surface area (Å²) >= 11 is 0. The fraction of sp³-hybridized carbons (Fsp3) is 0.657. The summed E-state index contributed by atoms with van der Waals surface area (Å²) in [5.41, 5.74) is -0.858. The molecule has 254 valence electrons. The van der Waals surface area contributed by atoms with Crippen molar-refractivity contribution >= 4 is 17.8 Å². The molecule has 0 bridgehead atoms. The first-order valence-electron chi connectivity index (χ1n) is 16.1. The van der Waals surface area contributed by atoms with E-state index in [0.717, 1.165) is 6.08 Å². The number of rotatable bonds is 7. The van der Waals surface area contributed by atoms with Gasteiger partial charge in [0, 0.05) is 36.3 Å². The number of hydrogen-bond acceptors (Lipinski definition) is 11. The molecule has 0 unspecified atom stereocenters. The summed E-state index contributed by atoms with van der Waals surface area (Å²) in [5, 5.41) is 64.2. The number of carbonyl (C=O) groups excluding carboxylic acids is 2. The van der Waals surface area contributed by atoms with Crippen LogP contribution >= 0.6 is 0 Å². The SMILES string of the molecule is CC(C)[C@@]1(O)CC2=C([C@H](O)C1)[C@@]1(C)[C@@H](O[C@@H]3O[C@H](CO)[C@@H](O)[C@H](O)[C@H]3OC(=O)/C=C/c3ccc(O)cc3)CCC(C)(C)[C@@H]1CC2=O. The second kappa shape index (κ2) is 12.8. The zero-order valence-electron chi connectivity index (χ0n) is 27.1. The highest BCUT2D eigenvalue weighted by Crippen LogP contribution is 2.63. The monoisotopic (exact) mass is 644 g/mol. The summed E-state index contributed by atoms with van der Waals surface area (Å²) in [6, 6.07) is 6.12. The predicted molar refractivity (Wildman–Crippen MR) is 166 cm³/mol. The Bertz CT molecular complexity index is 1370. The molecule has 0 amide bonds. The number of aromatic hydroxyl groups is 1. The minimum Gasteiger partial charge on any atom is -0.508 e. The van der Waals surface area contributed by atoms with E-state index in [4.69, 9.17) is 14.2 Å². The third-order valence-corrected chi connectivity index (χ3v) is 11.1. The van der Waals surface area contributed by atoms with Crippen LogP contribution in [0.25, 0.3) is 6.08 Å². The molecule has 1 saturated carbocycles. The van der Waals surface area contributed by atoms with Crippen LogP contribution in [0.4, 0.5) is 0 Å². The Labute approximate surface area is 269 Å². The van der Waals surface area contributed by atoms with Gasteiger partial charge in [-0.15, -0.1) is 0 Å². The van der Waals surface area contributed by atoms with Gasteiger partial charge in [-0.1, -0.05) is 46.8 Å². The summed E-state index contributed by atoms with van der Waals surface area (Å²) in [6.07, 6.45) is -4.98. The van der Waals surface area contributed by atoms with Crippen LogP contribution in [0.3, 0.4) is 0 Å². The Morgan fingerprint density at radius 2 is 1.78 bits per heavy atom. The molecule has 1 aromatic rings. The van der Waals surface area contributed by atoms with Crippen molar-refractivity contribution in [3.63, 3.8) is 0 Å². The van der Waals surface area contributed by atoms with Gasteiger partial charge in [0.1, 0.15) is 24.1 Å². The molecule has 0 aromatic heterocycles. The molecule has 11 heteroatoms. The van der Waals surface area contributed by atoms with Crippen molar-refractivity contribution < 1.29 is 54.4 Å². The maximum Gasteiger partial charge on any atom is 0.331 e. The van der Waals surface area contributed by atoms with E-state index >= 15 is 0 Å². The average molecular weight is 645 g/mol. The van der Waals surface area contributed by atoms with Gasteiger partial charge in [0.2, 0.25) is 0 Å². The molecule has 10 atom stereocenters. The van der Waals surface area contributed by atoms with E-state index in [1.165, 1.54) is 18.2 Å². The van der Waals surface area contributed by atoms with Crippen LogP contribution in [-0.2, 0) is 23.8 Å². The lowest BCUT2D eigenvalue weighted by Crippen LogP contribution is -2.64. The molecule has 6 N–H and O–H groups in total. The Morgan fingerprint density at radius 3 is 2.41 bits per heavy atom. The molecular weight excluding hydrogens is 596 g/mol. The molecule has 0 spiro atoms. The number of hydrogen-bond donors (Lipinski definition) is 6. The first kappa shape index (κ1) is 34.7. The highest BCUT2D eigenvalue weighted by Gasteiger charge is 2.62. The van der Waals surface area contributed by atoms with Crippen LogP contribution < -0.4 is 0 Å². The van der Waals surface area contributed by atoms with Gasteiger partial charge in [-0.25, -0.2) is 4.79 Å². The fourth-order valence-electron chi connectivity index (χ4n) is 8.24. The highest BCUT2D eigenvalue weighted by atomic mass is 16.7. The third kappa shape index (κ3) is 6.19. The number of ketones is 1. The number of ether oxygens (including phenoxy) is 3. The van der Waals surface area contributed by atoms with Crippen molar-refractivity contribution in [3.8, 4) is 5.75 Å². The molecule has 1 aromatic carbocycles. The number of carbonyl (C=O) groups is 2. The van der Waals surface area contributed by atoms with Crippen molar-refractivity contribution in [3.05, 3.63) is 47.1 Å². The number of benzene rings is 1. The van der Waals surface area contributed by atoms with E-state index in [9.17, 15) is 40.2 Å². The van der Waals surface area contributed by atoms with Gasteiger partial charge in [-0.05, 0) is 59.4 Å². The summed E-state index contributed by atoms with van der Waals surface area (Å²) in [4.78, 5) is 26.6. The second-order valence-electron chi connectivity index (χ2n) is 14.7. The third-order valence-electron chi connectivity index (χ3n) is 11.1. The minimum atomic E-state index is -1.66. The van der Waals surface area contributed by atoms with E-state index in [1.54, 1.807) is 12.1 Å². The van der Waals surface area contributed by atoms with Crippen molar-refractivity contribution in [1.82, 2.24) is 0 Å². The maximum atomic E-state index is 13.7. The summed E-state index contributed by atoms with van der Waals surface area (Å²) in [6.45, 7) is 9.25. The van der Waals surface area contributed by atoms with Crippen LogP contribution in [0.2, 0.25) is 0 Å². The van der Waals surface area contributed by atoms with Gasteiger partial charge in [0.05, 0.1) is 24.4 Å². The van der Waals surface area contributed by atoms with Crippen molar-refractivity contribution in [1.29, 1.82) is 0 Å². The number of Topliss-reactive ketones (excluding diaryl/α,β-unsaturated/α-hetero) is 1. The number of phenolic OH excluding ortho intramolecular Hbond substituents is 1. The molecule has 5 rings (SSSR count). The molecule has 3 aliphatic carbocycles. The fourth-order valence-corrected chi connectivity index (χ4v) is 8.24. The molecule has 11 nitrogen and oxygen atoms in total. The lowest BCUT2D eigenvalue weighted by Gasteiger charge is -2.60. The first-order chi connectivity index (χ1) is 21.5. The number of aliphatic hydroxyl groups excluding tert-OH is 4. The van der Waals surface area contributed by atoms with E-state index < -0.39 is 66.5 Å². The molecule has 46 heavy (non-hydrogen) atoms.